The van der Waals surface area contributed by atoms with E-state index in [1.807, 2.05) is 0 Å². The molecule has 0 amide bonds. The minimum Gasteiger partial charge on any atom is -0.368 e. The molecule has 0 aliphatic carbocycles. The molecule has 1 aliphatic rings. The molecule has 2 heterocycles. The van der Waals surface area contributed by atoms with Gasteiger partial charge in [0.2, 0.25) is 0 Å². The maximum absolute atomic E-state index is 13.3. The van der Waals surface area contributed by atoms with Gasteiger partial charge in [-0.1, -0.05) is 6.92 Å². The Kier molecular flexibility index (Phi) is 4.86. The average molecular weight is 366 g/mol. The first-order valence-corrected chi connectivity index (χ1v) is 8.88. The Balaban J connectivity index is 2.00. The minimum atomic E-state index is -4.45. The van der Waals surface area contributed by atoms with Gasteiger partial charge in [-0.15, -0.1) is 0 Å². The number of nitrogens with one attached hydrogen (secondary N) is 1. The first kappa shape index (κ1) is 18.9. The number of hydrogen-bond donors (Lipinski definition) is 1. The Morgan fingerprint density at radius 1 is 1.04 bits per heavy atom. The van der Waals surface area contributed by atoms with Gasteiger partial charge in [0.25, 0.3) is 0 Å². The summed E-state index contributed by atoms with van der Waals surface area (Å²) in [7, 11) is 0. The lowest BCUT2D eigenvalue weighted by Gasteiger charge is -2.41. The lowest BCUT2D eigenvalue weighted by Crippen LogP contribution is -2.54. The van der Waals surface area contributed by atoms with Crippen molar-refractivity contribution in [3.63, 3.8) is 0 Å². The minimum absolute atomic E-state index is 0.0184. The van der Waals surface area contributed by atoms with Crippen LogP contribution in [0.2, 0.25) is 0 Å². The largest absolute Gasteiger partial charge is 0.418 e. The molecule has 0 saturated carbocycles. The molecular weight excluding hydrogens is 341 g/mol. The summed E-state index contributed by atoms with van der Waals surface area (Å²) in [4.78, 5) is 10.3. The zero-order valence-corrected chi connectivity index (χ0v) is 15.6. The summed E-state index contributed by atoms with van der Waals surface area (Å²) in [6, 6.07) is 2.93. The second kappa shape index (κ2) is 6.68. The van der Waals surface area contributed by atoms with E-state index in [4.69, 9.17) is 0 Å². The van der Waals surface area contributed by atoms with Crippen molar-refractivity contribution in [2.75, 3.05) is 18.0 Å². The molecule has 142 valence electrons. The molecule has 0 bridgehead atoms. The van der Waals surface area contributed by atoms with Gasteiger partial charge in [-0.2, -0.15) is 13.2 Å². The summed E-state index contributed by atoms with van der Waals surface area (Å²) in [6.45, 7) is 10.1. The van der Waals surface area contributed by atoms with Crippen LogP contribution in [0.25, 0.3) is 11.0 Å². The van der Waals surface area contributed by atoms with Crippen LogP contribution in [-0.2, 0) is 6.18 Å². The summed E-state index contributed by atoms with van der Waals surface area (Å²) in [5.41, 5.74) is 0.184. The van der Waals surface area contributed by atoms with Crippen molar-refractivity contribution in [2.45, 2.75) is 51.9 Å². The van der Waals surface area contributed by atoms with E-state index in [0.717, 1.165) is 25.6 Å². The normalized spacial score (nSPS) is 22.0. The zero-order valence-electron chi connectivity index (χ0n) is 15.6. The number of benzene rings is 1. The fraction of sp³-hybridized carbons (Fsp3) is 0.579. The lowest BCUT2D eigenvalue weighted by molar-refractivity contribution is -0.136. The van der Waals surface area contributed by atoms with E-state index in [2.05, 4.69) is 47.9 Å². The van der Waals surface area contributed by atoms with Crippen molar-refractivity contribution >= 4 is 16.7 Å². The summed E-state index contributed by atoms with van der Waals surface area (Å²) >= 11 is 0. The highest BCUT2D eigenvalue weighted by Crippen LogP contribution is 2.37. The first-order valence-electron chi connectivity index (χ1n) is 8.88. The number of piperidine rings is 1. The molecule has 1 aromatic carbocycles. The Morgan fingerprint density at radius 2 is 1.69 bits per heavy atom. The summed E-state index contributed by atoms with van der Waals surface area (Å²) < 4.78 is 39.9. The first-order chi connectivity index (χ1) is 12.0. The third kappa shape index (κ3) is 4.09. The van der Waals surface area contributed by atoms with Gasteiger partial charge >= 0.3 is 6.18 Å². The predicted molar refractivity (Wildman–Crippen MR) is 97.2 cm³/mol. The number of rotatable bonds is 2. The van der Waals surface area contributed by atoms with Crippen LogP contribution >= 0.6 is 0 Å². The number of alkyl halides is 3. The molecule has 4 nitrogen and oxygen atoms in total. The fourth-order valence-corrected chi connectivity index (χ4v) is 3.79. The molecule has 26 heavy (non-hydrogen) atoms. The Bertz CT molecular complexity index is 782. The molecule has 1 aliphatic heterocycles. The second-order valence-electron chi connectivity index (χ2n) is 8.22. The molecule has 1 aromatic heterocycles. The molecule has 3 rings (SSSR count). The van der Waals surface area contributed by atoms with Crippen molar-refractivity contribution in [1.82, 2.24) is 15.3 Å². The topological polar surface area (TPSA) is 41.0 Å². The number of nitrogens with zero attached hydrogens (tertiary/aromatic N) is 3. The van der Waals surface area contributed by atoms with E-state index in [1.165, 1.54) is 18.5 Å². The van der Waals surface area contributed by atoms with Crippen LogP contribution < -0.4 is 10.2 Å². The molecule has 0 spiro atoms. The monoisotopic (exact) mass is 366 g/mol. The van der Waals surface area contributed by atoms with E-state index in [1.54, 1.807) is 0 Å². The highest BCUT2D eigenvalue weighted by molar-refractivity contribution is 5.90. The Hall–Kier alpha value is -1.89. The highest BCUT2D eigenvalue weighted by atomic mass is 19.4. The van der Waals surface area contributed by atoms with Gasteiger partial charge in [-0.25, -0.2) is 0 Å². The number of anilines is 1. The Labute approximate surface area is 151 Å². The highest BCUT2D eigenvalue weighted by Gasteiger charge is 2.35. The molecule has 1 saturated heterocycles. The molecular formula is C19H25F3N4. The summed E-state index contributed by atoms with van der Waals surface area (Å²) in [5.74, 6) is 0.428. The molecule has 2 aromatic rings. The van der Waals surface area contributed by atoms with Gasteiger partial charge in [0.05, 0.1) is 11.3 Å². The quantitative estimate of drug-likeness (QED) is 0.863. The van der Waals surface area contributed by atoms with Crippen molar-refractivity contribution in [2.24, 2.45) is 5.92 Å². The third-order valence-electron chi connectivity index (χ3n) is 4.55. The van der Waals surface area contributed by atoms with Crippen LogP contribution in [0, 0.1) is 5.92 Å². The van der Waals surface area contributed by atoms with Gasteiger partial charge in [0.1, 0.15) is 11.0 Å². The van der Waals surface area contributed by atoms with Crippen LogP contribution in [-0.4, -0.2) is 34.6 Å². The van der Waals surface area contributed by atoms with E-state index in [9.17, 15) is 13.2 Å². The zero-order chi connectivity index (χ0) is 19.1. The maximum Gasteiger partial charge on any atom is 0.418 e. The van der Waals surface area contributed by atoms with Crippen LogP contribution in [0.3, 0.4) is 0 Å². The van der Waals surface area contributed by atoms with Gasteiger partial charge in [0, 0.05) is 37.1 Å². The fourth-order valence-electron chi connectivity index (χ4n) is 3.79. The van der Waals surface area contributed by atoms with Gasteiger partial charge in [-0.3, -0.25) is 9.97 Å². The van der Waals surface area contributed by atoms with E-state index >= 15 is 0 Å². The predicted octanol–water partition coefficient (Wildman–Crippen LogP) is 4.25. The molecule has 7 heteroatoms. The van der Waals surface area contributed by atoms with Crippen LogP contribution in [0.5, 0.6) is 0 Å². The third-order valence-corrected chi connectivity index (χ3v) is 4.55. The van der Waals surface area contributed by atoms with Crippen molar-refractivity contribution in [3.8, 4) is 0 Å². The molecule has 2 atom stereocenters. The maximum atomic E-state index is 13.3. The summed E-state index contributed by atoms with van der Waals surface area (Å²) in [6.07, 6.45) is -0.648. The average Bonchev–Trinajstić information content (AvgIpc) is 2.50. The molecule has 0 unspecified atom stereocenters. The van der Waals surface area contributed by atoms with Crippen molar-refractivity contribution in [1.29, 1.82) is 0 Å². The van der Waals surface area contributed by atoms with Gasteiger partial charge in [0.15, 0.2) is 0 Å². The summed E-state index contributed by atoms with van der Waals surface area (Å²) in [5, 5.41) is 3.61. The second-order valence-corrected chi connectivity index (χ2v) is 8.22. The van der Waals surface area contributed by atoms with Gasteiger partial charge in [-0.05, 0) is 45.2 Å². The van der Waals surface area contributed by atoms with E-state index in [-0.39, 0.29) is 17.1 Å². The van der Waals surface area contributed by atoms with Crippen molar-refractivity contribution in [3.05, 3.63) is 30.1 Å². The van der Waals surface area contributed by atoms with E-state index < -0.39 is 11.7 Å². The van der Waals surface area contributed by atoms with Crippen molar-refractivity contribution < 1.29 is 13.2 Å². The lowest BCUT2D eigenvalue weighted by atomic mass is 9.93. The standard InChI is InChI=1S/C19H25F3N4/c1-12-9-13(25-18(2,3)4)11-26(10-12)15-6-5-14(19(20,21)22)16-17(15)24-8-7-23-16/h5-8,12-13,25H,9-11H2,1-4H3/t12-,13+/m0/s1. The smallest absolute Gasteiger partial charge is 0.368 e. The van der Waals surface area contributed by atoms with Gasteiger partial charge < -0.3 is 10.2 Å². The molecule has 1 fully saturated rings. The van der Waals surface area contributed by atoms with Crippen LogP contribution in [0.4, 0.5) is 18.9 Å². The van der Waals surface area contributed by atoms with E-state index in [0.29, 0.717) is 17.1 Å². The number of halogens is 3. The van der Waals surface area contributed by atoms with Crippen LogP contribution in [0.1, 0.15) is 39.7 Å². The number of aromatic nitrogens is 2. The SMILES string of the molecule is C[C@H]1C[C@@H](NC(C)(C)C)CN(c2ccc(C(F)(F)F)c3nccnc23)C1. The van der Waals surface area contributed by atoms with Crippen LogP contribution in [0.15, 0.2) is 24.5 Å². The molecule has 0 radical (unpaired) electrons. The Morgan fingerprint density at radius 3 is 2.31 bits per heavy atom. The number of fused-ring (bicyclic) bond motifs is 1. The number of hydrogen-bond acceptors (Lipinski definition) is 4. The molecule has 1 N–H and O–H groups in total.